The van der Waals surface area contributed by atoms with E-state index in [1.54, 1.807) is 7.11 Å². The molecule has 0 amide bonds. The molecule has 0 aromatic rings. The highest BCUT2D eigenvalue weighted by Gasteiger charge is 2.46. The van der Waals surface area contributed by atoms with Gasteiger partial charge < -0.3 is 15.2 Å². The average Bonchev–Trinajstić information content (AvgIpc) is 2.26. The summed E-state index contributed by atoms with van der Waals surface area (Å²) in [5.41, 5.74) is 5.98. The first-order valence-corrected chi connectivity index (χ1v) is 6.75. The van der Waals surface area contributed by atoms with Crippen molar-refractivity contribution in [3.63, 3.8) is 0 Å². The molecule has 106 valence electrons. The molecule has 18 heavy (non-hydrogen) atoms. The Bertz CT molecular complexity index is 291. The molecule has 4 unspecified atom stereocenters. The third kappa shape index (κ3) is 3.23. The maximum Gasteiger partial charge on any atom is 0.309 e. The van der Waals surface area contributed by atoms with Crippen LogP contribution < -0.4 is 5.73 Å². The van der Waals surface area contributed by atoms with Crippen LogP contribution in [-0.2, 0) is 14.3 Å². The maximum atomic E-state index is 12.2. The van der Waals surface area contributed by atoms with Crippen LogP contribution in [0.4, 0.5) is 0 Å². The monoisotopic (exact) mass is 257 g/mol. The van der Waals surface area contributed by atoms with Gasteiger partial charge in [-0.3, -0.25) is 4.79 Å². The van der Waals surface area contributed by atoms with Crippen molar-refractivity contribution in [2.24, 2.45) is 23.0 Å². The highest BCUT2D eigenvalue weighted by Crippen LogP contribution is 2.44. The third-order valence-electron chi connectivity index (χ3n) is 4.51. The fourth-order valence-corrected chi connectivity index (χ4v) is 2.82. The van der Waals surface area contributed by atoms with Crippen molar-refractivity contribution in [3.05, 3.63) is 0 Å². The van der Waals surface area contributed by atoms with Gasteiger partial charge in [0.1, 0.15) is 6.10 Å². The van der Waals surface area contributed by atoms with E-state index in [-0.39, 0.29) is 29.4 Å². The quantitative estimate of drug-likeness (QED) is 0.782. The van der Waals surface area contributed by atoms with Crippen LogP contribution in [-0.4, -0.2) is 31.8 Å². The number of carbonyl (C=O) groups is 1. The molecule has 1 fully saturated rings. The van der Waals surface area contributed by atoms with Gasteiger partial charge in [-0.25, -0.2) is 0 Å². The van der Waals surface area contributed by atoms with E-state index in [9.17, 15) is 4.79 Å². The number of rotatable bonds is 4. The molecular formula is C14H27NO3. The van der Waals surface area contributed by atoms with E-state index < -0.39 is 0 Å². The predicted molar refractivity (Wildman–Crippen MR) is 71.1 cm³/mol. The van der Waals surface area contributed by atoms with Gasteiger partial charge in [0, 0.05) is 13.2 Å². The summed E-state index contributed by atoms with van der Waals surface area (Å²) in [5.74, 6) is 0.149. The molecule has 1 aliphatic carbocycles. The summed E-state index contributed by atoms with van der Waals surface area (Å²) in [4.78, 5) is 12.2. The van der Waals surface area contributed by atoms with Crippen molar-refractivity contribution in [2.45, 2.75) is 52.7 Å². The van der Waals surface area contributed by atoms with E-state index in [4.69, 9.17) is 15.2 Å². The first-order valence-electron chi connectivity index (χ1n) is 6.75. The smallest absolute Gasteiger partial charge is 0.309 e. The van der Waals surface area contributed by atoms with Crippen LogP contribution >= 0.6 is 0 Å². The van der Waals surface area contributed by atoms with Crippen molar-refractivity contribution >= 4 is 5.97 Å². The Morgan fingerprint density at radius 2 is 2.06 bits per heavy atom. The lowest BCUT2D eigenvalue weighted by molar-refractivity contribution is -0.163. The molecule has 0 aromatic carbocycles. The van der Waals surface area contributed by atoms with Crippen molar-refractivity contribution in [2.75, 3.05) is 13.7 Å². The Morgan fingerprint density at radius 3 is 2.61 bits per heavy atom. The number of carbonyl (C=O) groups excluding carboxylic acids is 1. The number of nitrogens with two attached hydrogens (primary N) is 1. The summed E-state index contributed by atoms with van der Waals surface area (Å²) in [6, 6.07) is 0.181. The Kier molecular flexibility index (Phi) is 5.17. The molecule has 0 aliphatic heterocycles. The topological polar surface area (TPSA) is 61.5 Å². The molecule has 0 saturated heterocycles. The minimum absolute atomic E-state index is 0.0633. The number of hydrogen-bond acceptors (Lipinski definition) is 4. The minimum atomic E-state index is -0.191. The van der Waals surface area contributed by atoms with E-state index >= 15 is 0 Å². The second kappa shape index (κ2) is 6.02. The van der Waals surface area contributed by atoms with Crippen molar-refractivity contribution in [1.29, 1.82) is 0 Å². The Labute approximate surface area is 110 Å². The Balaban J connectivity index is 2.67. The SMILES string of the molecule is COCC(C)OC(=O)C1CCC(N)C(C)C1(C)C. The van der Waals surface area contributed by atoms with Crippen molar-refractivity contribution in [1.82, 2.24) is 0 Å². The second-order valence-electron chi connectivity index (χ2n) is 6.11. The summed E-state index contributed by atoms with van der Waals surface area (Å²) in [7, 11) is 1.61. The minimum Gasteiger partial charge on any atom is -0.460 e. The number of esters is 1. The van der Waals surface area contributed by atoms with Crippen LogP contribution in [0, 0.1) is 17.3 Å². The highest BCUT2D eigenvalue weighted by atomic mass is 16.6. The molecule has 1 aliphatic rings. The average molecular weight is 257 g/mol. The first kappa shape index (κ1) is 15.4. The van der Waals surface area contributed by atoms with Crippen LogP contribution in [0.5, 0.6) is 0 Å². The van der Waals surface area contributed by atoms with Crippen LogP contribution in [0.25, 0.3) is 0 Å². The lowest BCUT2D eigenvalue weighted by Crippen LogP contribution is -2.49. The fraction of sp³-hybridized carbons (Fsp3) is 0.929. The predicted octanol–water partition coefficient (Wildman–Crippen LogP) is 1.96. The molecule has 4 nitrogen and oxygen atoms in total. The van der Waals surface area contributed by atoms with Gasteiger partial charge in [-0.15, -0.1) is 0 Å². The molecule has 0 spiro atoms. The number of methoxy groups -OCH3 is 1. The third-order valence-corrected chi connectivity index (χ3v) is 4.51. The molecule has 2 N–H and O–H groups in total. The van der Waals surface area contributed by atoms with Crippen LogP contribution in [0.1, 0.15) is 40.5 Å². The molecule has 1 saturated carbocycles. The zero-order valence-electron chi connectivity index (χ0n) is 12.2. The number of hydrogen-bond donors (Lipinski definition) is 1. The Morgan fingerprint density at radius 1 is 1.44 bits per heavy atom. The molecule has 0 aromatic heterocycles. The van der Waals surface area contributed by atoms with E-state index in [1.807, 2.05) is 6.92 Å². The summed E-state index contributed by atoms with van der Waals surface area (Å²) < 4.78 is 10.4. The van der Waals surface area contributed by atoms with Gasteiger partial charge in [0.25, 0.3) is 0 Å². The summed E-state index contributed by atoms with van der Waals surface area (Å²) in [5, 5.41) is 0. The largest absolute Gasteiger partial charge is 0.460 e. The van der Waals surface area contributed by atoms with E-state index in [2.05, 4.69) is 20.8 Å². The summed E-state index contributed by atoms with van der Waals surface area (Å²) in [6.45, 7) is 8.65. The molecular weight excluding hydrogens is 230 g/mol. The van der Waals surface area contributed by atoms with E-state index in [0.29, 0.717) is 12.5 Å². The van der Waals surface area contributed by atoms with Gasteiger partial charge in [-0.05, 0) is 31.1 Å². The van der Waals surface area contributed by atoms with Crippen LogP contribution in [0.15, 0.2) is 0 Å². The molecule has 0 radical (unpaired) electrons. The fourth-order valence-electron chi connectivity index (χ4n) is 2.82. The van der Waals surface area contributed by atoms with E-state index in [1.165, 1.54) is 0 Å². The van der Waals surface area contributed by atoms with E-state index in [0.717, 1.165) is 12.8 Å². The van der Waals surface area contributed by atoms with Gasteiger partial charge in [0.15, 0.2) is 0 Å². The van der Waals surface area contributed by atoms with Crippen molar-refractivity contribution in [3.8, 4) is 0 Å². The van der Waals surface area contributed by atoms with Crippen LogP contribution in [0.3, 0.4) is 0 Å². The number of ether oxygens (including phenoxy) is 2. The summed E-state index contributed by atoms with van der Waals surface area (Å²) in [6.07, 6.45) is 1.52. The Hall–Kier alpha value is -0.610. The van der Waals surface area contributed by atoms with Gasteiger partial charge in [0.05, 0.1) is 12.5 Å². The molecule has 4 atom stereocenters. The van der Waals surface area contributed by atoms with Crippen molar-refractivity contribution < 1.29 is 14.3 Å². The standard InChI is InChI=1S/C14H27NO3/c1-9(8-17-5)18-13(16)11-6-7-12(15)10(2)14(11,3)4/h9-12H,6-8,15H2,1-5H3. The highest BCUT2D eigenvalue weighted by molar-refractivity contribution is 5.73. The van der Waals surface area contributed by atoms with Gasteiger partial charge in [-0.1, -0.05) is 20.8 Å². The van der Waals surface area contributed by atoms with Gasteiger partial charge >= 0.3 is 5.97 Å². The summed E-state index contributed by atoms with van der Waals surface area (Å²) >= 11 is 0. The normalized spacial score (nSPS) is 32.9. The molecule has 0 bridgehead atoms. The zero-order valence-corrected chi connectivity index (χ0v) is 12.2. The zero-order chi connectivity index (χ0) is 13.9. The molecule has 0 heterocycles. The lowest BCUT2D eigenvalue weighted by Gasteiger charge is -2.45. The van der Waals surface area contributed by atoms with Crippen LogP contribution in [0.2, 0.25) is 0 Å². The lowest BCUT2D eigenvalue weighted by atomic mass is 9.61. The van der Waals surface area contributed by atoms with Gasteiger partial charge in [-0.2, -0.15) is 0 Å². The first-order chi connectivity index (χ1) is 8.30. The second-order valence-corrected chi connectivity index (χ2v) is 6.11. The van der Waals surface area contributed by atoms with Gasteiger partial charge in [0.2, 0.25) is 0 Å². The maximum absolute atomic E-state index is 12.2. The molecule has 4 heteroatoms. The molecule has 1 rings (SSSR count).